The lowest BCUT2D eigenvalue weighted by Crippen LogP contribution is -1.95. The monoisotopic (exact) mass is 614 g/mol. The van der Waals surface area contributed by atoms with E-state index in [0.717, 1.165) is 99.8 Å². The molecular weight excluding hydrogens is 585 g/mol. The maximum atomic E-state index is 5.23. The molecule has 0 spiro atoms. The minimum Gasteiger partial charge on any atom is -0.245 e. The number of nitrogens with zero attached hydrogens (tertiary/aromatic N) is 4. The van der Waals surface area contributed by atoms with E-state index in [2.05, 4.69) is 123 Å². The van der Waals surface area contributed by atoms with Crippen LogP contribution in [0.25, 0.3) is 88.6 Å². The molecule has 4 heteroatoms. The minimum atomic E-state index is 0.911. The highest BCUT2D eigenvalue weighted by Gasteiger charge is 2.15. The summed E-state index contributed by atoms with van der Waals surface area (Å²) in [6, 6.07) is 50.6. The van der Waals surface area contributed by atoms with E-state index in [9.17, 15) is 0 Å². The van der Waals surface area contributed by atoms with Gasteiger partial charge in [0.05, 0.1) is 44.8 Å². The second-order valence-corrected chi connectivity index (χ2v) is 12.4. The van der Waals surface area contributed by atoms with E-state index < -0.39 is 0 Å². The van der Waals surface area contributed by atoms with Gasteiger partial charge in [-0.3, -0.25) is 0 Å². The number of aryl methyl sites for hydroxylation is 2. The number of aromatic nitrogens is 4. The van der Waals surface area contributed by atoms with Crippen molar-refractivity contribution < 1.29 is 0 Å². The summed E-state index contributed by atoms with van der Waals surface area (Å²) in [6.07, 6.45) is 0. The highest BCUT2D eigenvalue weighted by Crippen LogP contribution is 2.35. The van der Waals surface area contributed by atoms with Gasteiger partial charge in [0.1, 0.15) is 0 Å². The molecule has 4 aromatic heterocycles. The second-order valence-electron chi connectivity index (χ2n) is 12.4. The largest absolute Gasteiger partial charge is 0.245 e. The molecule has 0 amide bonds. The molecule has 0 aliphatic heterocycles. The van der Waals surface area contributed by atoms with E-state index >= 15 is 0 Å². The lowest BCUT2D eigenvalue weighted by molar-refractivity contribution is 1.31. The fourth-order valence-electron chi connectivity index (χ4n) is 6.74. The van der Waals surface area contributed by atoms with Crippen LogP contribution >= 0.6 is 0 Å². The fraction of sp³-hybridized carbons (Fsp3) is 0.0455. The number of benzene rings is 5. The van der Waals surface area contributed by atoms with Crippen LogP contribution in [0.2, 0.25) is 0 Å². The topological polar surface area (TPSA) is 51.6 Å². The molecule has 0 fully saturated rings. The molecule has 5 aromatic carbocycles. The standard InChI is InChI=1S/C44H30N4/c1-27-25-36(40-24-20-34-16-14-32-18-22-38(30-11-7-4-8-12-30)46-42(32)44(34)48-40)28(2)26-35(27)39-23-19-33-15-13-31-17-21-37(29-9-5-3-6-10-29)45-41(31)43(33)47-39/h3-26H,1-2H3. The first-order chi connectivity index (χ1) is 23.6. The molecule has 9 aromatic rings. The summed E-state index contributed by atoms with van der Waals surface area (Å²) in [5, 5.41) is 4.31. The zero-order chi connectivity index (χ0) is 32.2. The van der Waals surface area contributed by atoms with Crippen LogP contribution in [0.4, 0.5) is 0 Å². The minimum absolute atomic E-state index is 0.911. The molecule has 0 saturated carbocycles. The summed E-state index contributed by atoms with van der Waals surface area (Å²) in [5.74, 6) is 0. The van der Waals surface area contributed by atoms with Crippen molar-refractivity contribution in [2.45, 2.75) is 13.8 Å². The summed E-state index contributed by atoms with van der Waals surface area (Å²) >= 11 is 0. The van der Waals surface area contributed by atoms with E-state index in [4.69, 9.17) is 19.9 Å². The first-order valence-corrected chi connectivity index (χ1v) is 16.2. The number of rotatable bonds is 4. The Morgan fingerprint density at radius 2 is 0.604 bits per heavy atom. The Morgan fingerprint density at radius 3 is 0.958 bits per heavy atom. The number of fused-ring (bicyclic) bond motifs is 6. The Morgan fingerprint density at radius 1 is 0.312 bits per heavy atom. The van der Waals surface area contributed by atoms with Crippen LogP contribution in [0.1, 0.15) is 11.1 Å². The Kier molecular flexibility index (Phi) is 6.54. The highest BCUT2D eigenvalue weighted by atomic mass is 14.8. The van der Waals surface area contributed by atoms with Crippen LogP contribution in [-0.2, 0) is 0 Å². The van der Waals surface area contributed by atoms with Crippen LogP contribution in [0, 0.1) is 13.8 Å². The molecule has 48 heavy (non-hydrogen) atoms. The number of pyridine rings is 4. The van der Waals surface area contributed by atoms with E-state index in [-0.39, 0.29) is 0 Å². The van der Waals surface area contributed by atoms with Crippen molar-refractivity contribution in [3.63, 3.8) is 0 Å². The van der Waals surface area contributed by atoms with Gasteiger partial charge in [0.15, 0.2) is 0 Å². The molecule has 0 bridgehead atoms. The van der Waals surface area contributed by atoms with Crippen molar-refractivity contribution in [1.29, 1.82) is 0 Å². The van der Waals surface area contributed by atoms with Crippen molar-refractivity contribution in [1.82, 2.24) is 19.9 Å². The molecule has 0 aliphatic carbocycles. The second kappa shape index (κ2) is 11.2. The molecule has 0 unspecified atom stereocenters. The zero-order valence-electron chi connectivity index (χ0n) is 26.6. The third-order valence-electron chi connectivity index (χ3n) is 9.30. The van der Waals surface area contributed by atoms with Gasteiger partial charge in [-0.25, -0.2) is 19.9 Å². The zero-order valence-corrected chi connectivity index (χ0v) is 26.6. The first-order valence-electron chi connectivity index (χ1n) is 16.2. The van der Waals surface area contributed by atoms with Gasteiger partial charge in [0.2, 0.25) is 0 Å². The molecule has 0 N–H and O–H groups in total. The van der Waals surface area contributed by atoms with Crippen molar-refractivity contribution in [3.05, 3.63) is 157 Å². The lowest BCUT2D eigenvalue weighted by atomic mass is 9.95. The van der Waals surface area contributed by atoms with Crippen molar-refractivity contribution in [3.8, 4) is 45.0 Å². The smallest absolute Gasteiger partial charge is 0.0972 e. The van der Waals surface area contributed by atoms with Gasteiger partial charge < -0.3 is 0 Å². The molecule has 0 saturated heterocycles. The molecule has 0 radical (unpaired) electrons. The summed E-state index contributed by atoms with van der Waals surface area (Å²) < 4.78 is 0. The van der Waals surface area contributed by atoms with Gasteiger partial charge in [-0.2, -0.15) is 0 Å². The normalized spacial score (nSPS) is 11.5. The Labute approximate surface area is 278 Å². The number of hydrogen-bond acceptors (Lipinski definition) is 4. The van der Waals surface area contributed by atoms with Gasteiger partial charge in [-0.1, -0.05) is 109 Å². The average molecular weight is 615 g/mol. The predicted octanol–water partition coefficient (Wildman–Crippen LogP) is 11.2. The molecule has 9 rings (SSSR count). The van der Waals surface area contributed by atoms with Crippen LogP contribution in [-0.4, -0.2) is 19.9 Å². The Balaban J connectivity index is 1.14. The Bertz CT molecular complexity index is 2490. The van der Waals surface area contributed by atoms with Crippen molar-refractivity contribution in [2.24, 2.45) is 0 Å². The molecule has 226 valence electrons. The maximum absolute atomic E-state index is 5.23. The summed E-state index contributed by atoms with van der Waals surface area (Å²) in [4.78, 5) is 20.7. The van der Waals surface area contributed by atoms with E-state index in [0.29, 0.717) is 0 Å². The third-order valence-corrected chi connectivity index (χ3v) is 9.30. The lowest BCUT2D eigenvalue weighted by Gasteiger charge is -2.14. The molecule has 4 nitrogen and oxygen atoms in total. The van der Waals surface area contributed by atoms with Gasteiger partial charge in [-0.15, -0.1) is 0 Å². The SMILES string of the molecule is Cc1cc(-c2ccc3ccc4ccc(-c5ccccc5)nc4c3n2)c(C)cc1-c1ccc2ccc3ccc(-c4ccccc4)nc3c2n1. The van der Waals surface area contributed by atoms with Crippen LogP contribution < -0.4 is 0 Å². The van der Waals surface area contributed by atoms with Crippen molar-refractivity contribution in [2.75, 3.05) is 0 Å². The summed E-state index contributed by atoms with van der Waals surface area (Å²) in [7, 11) is 0. The van der Waals surface area contributed by atoms with Gasteiger partial charge >= 0.3 is 0 Å². The summed E-state index contributed by atoms with van der Waals surface area (Å²) in [5.41, 5.74) is 14.1. The number of hydrogen-bond donors (Lipinski definition) is 0. The van der Waals surface area contributed by atoms with E-state index in [1.54, 1.807) is 0 Å². The first kappa shape index (κ1) is 28.0. The quantitative estimate of drug-likeness (QED) is 0.185. The van der Waals surface area contributed by atoms with Crippen molar-refractivity contribution >= 4 is 43.6 Å². The van der Waals surface area contributed by atoms with E-state index in [1.165, 1.54) is 0 Å². The maximum Gasteiger partial charge on any atom is 0.0972 e. The van der Waals surface area contributed by atoms with Gasteiger partial charge in [-0.05, 0) is 61.4 Å². The molecular formula is C44H30N4. The van der Waals surface area contributed by atoms with E-state index in [1.807, 2.05) is 36.4 Å². The van der Waals surface area contributed by atoms with Gasteiger partial charge in [0.25, 0.3) is 0 Å². The molecule has 4 heterocycles. The van der Waals surface area contributed by atoms with Crippen LogP contribution in [0.3, 0.4) is 0 Å². The fourth-order valence-corrected chi connectivity index (χ4v) is 6.74. The average Bonchev–Trinajstić information content (AvgIpc) is 3.15. The highest BCUT2D eigenvalue weighted by molar-refractivity contribution is 6.05. The predicted molar refractivity (Wildman–Crippen MR) is 199 cm³/mol. The molecule has 0 aliphatic rings. The molecule has 0 atom stereocenters. The summed E-state index contributed by atoms with van der Waals surface area (Å²) in [6.45, 7) is 4.31. The Hall–Kier alpha value is -6.26. The van der Waals surface area contributed by atoms with Crippen LogP contribution in [0.5, 0.6) is 0 Å². The third kappa shape index (κ3) is 4.78. The van der Waals surface area contributed by atoms with Gasteiger partial charge in [0, 0.05) is 43.8 Å². The van der Waals surface area contributed by atoms with Crippen LogP contribution in [0.15, 0.2) is 146 Å².